The van der Waals surface area contributed by atoms with Gasteiger partial charge in [-0.05, 0) is 37.1 Å². The predicted molar refractivity (Wildman–Crippen MR) is 81.8 cm³/mol. The number of hydrogen-bond acceptors (Lipinski definition) is 3. The summed E-state index contributed by atoms with van der Waals surface area (Å²) in [6.45, 7) is 3.51. The highest BCUT2D eigenvalue weighted by atomic mass is 19.1. The Labute approximate surface area is 129 Å². The molecule has 0 heterocycles. The molecule has 0 saturated heterocycles. The summed E-state index contributed by atoms with van der Waals surface area (Å²) in [7, 11) is 0. The zero-order valence-electron chi connectivity index (χ0n) is 12.6. The van der Waals surface area contributed by atoms with Crippen LogP contribution in [0, 0.1) is 5.82 Å². The molecular weight excluding hydrogens is 283 g/mol. The molecule has 2 atom stereocenters. The lowest BCUT2D eigenvalue weighted by atomic mass is 9.89. The van der Waals surface area contributed by atoms with Crippen molar-refractivity contribution in [3.63, 3.8) is 0 Å². The molecule has 0 saturated carbocycles. The zero-order valence-corrected chi connectivity index (χ0v) is 12.6. The van der Waals surface area contributed by atoms with Crippen LogP contribution in [-0.4, -0.2) is 17.2 Å². The van der Waals surface area contributed by atoms with Crippen molar-refractivity contribution in [2.24, 2.45) is 0 Å². The first kappa shape index (κ1) is 16.2. The van der Waals surface area contributed by atoms with Crippen LogP contribution in [0.5, 0.6) is 0 Å². The summed E-state index contributed by atoms with van der Waals surface area (Å²) in [5, 5.41) is 10.6. The second kappa shape index (κ2) is 7.18. The van der Waals surface area contributed by atoms with Crippen LogP contribution in [0.4, 0.5) is 4.39 Å². The SMILES string of the molecule is CC(C)OC(=O)[C@@H](c1ccccc1)[C@@H](O)c1ccc(F)cc1. The second-order valence-corrected chi connectivity index (χ2v) is 5.37. The third-order valence-corrected chi connectivity index (χ3v) is 3.29. The van der Waals surface area contributed by atoms with Crippen molar-refractivity contribution in [2.45, 2.75) is 32.0 Å². The zero-order chi connectivity index (χ0) is 16.1. The second-order valence-electron chi connectivity index (χ2n) is 5.37. The van der Waals surface area contributed by atoms with Gasteiger partial charge in [-0.25, -0.2) is 4.39 Å². The van der Waals surface area contributed by atoms with E-state index in [2.05, 4.69) is 0 Å². The van der Waals surface area contributed by atoms with Crippen molar-refractivity contribution >= 4 is 5.97 Å². The van der Waals surface area contributed by atoms with Crippen LogP contribution in [0.1, 0.15) is 37.0 Å². The van der Waals surface area contributed by atoms with Crippen LogP contribution in [0.25, 0.3) is 0 Å². The molecule has 0 aliphatic heterocycles. The number of aliphatic hydroxyl groups is 1. The fraction of sp³-hybridized carbons (Fsp3) is 0.278. The van der Waals surface area contributed by atoms with Crippen LogP contribution < -0.4 is 0 Å². The van der Waals surface area contributed by atoms with E-state index in [1.165, 1.54) is 24.3 Å². The van der Waals surface area contributed by atoms with Gasteiger partial charge in [-0.15, -0.1) is 0 Å². The lowest BCUT2D eigenvalue weighted by Crippen LogP contribution is -2.25. The molecule has 0 aliphatic carbocycles. The van der Waals surface area contributed by atoms with Gasteiger partial charge in [-0.1, -0.05) is 42.5 Å². The summed E-state index contributed by atoms with van der Waals surface area (Å²) in [6, 6.07) is 14.4. The van der Waals surface area contributed by atoms with Crippen LogP contribution in [0.3, 0.4) is 0 Å². The van der Waals surface area contributed by atoms with Gasteiger partial charge in [0.2, 0.25) is 0 Å². The Kier molecular flexibility index (Phi) is 5.28. The smallest absolute Gasteiger partial charge is 0.316 e. The Balaban J connectivity index is 2.35. The number of ether oxygens (including phenoxy) is 1. The Morgan fingerprint density at radius 1 is 1.00 bits per heavy atom. The first-order valence-electron chi connectivity index (χ1n) is 7.18. The fourth-order valence-corrected chi connectivity index (χ4v) is 2.27. The largest absolute Gasteiger partial charge is 0.462 e. The molecule has 2 aromatic carbocycles. The number of carbonyl (C=O) groups is 1. The fourth-order valence-electron chi connectivity index (χ4n) is 2.27. The van der Waals surface area contributed by atoms with Crippen molar-refractivity contribution in [3.05, 3.63) is 71.5 Å². The molecule has 0 aromatic heterocycles. The average molecular weight is 302 g/mol. The lowest BCUT2D eigenvalue weighted by Gasteiger charge is -2.23. The number of aliphatic hydroxyl groups excluding tert-OH is 1. The van der Waals surface area contributed by atoms with Gasteiger partial charge in [0.1, 0.15) is 11.7 Å². The first-order chi connectivity index (χ1) is 10.5. The van der Waals surface area contributed by atoms with E-state index in [0.29, 0.717) is 11.1 Å². The van der Waals surface area contributed by atoms with Crippen molar-refractivity contribution in [3.8, 4) is 0 Å². The molecule has 4 heteroatoms. The van der Waals surface area contributed by atoms with E-state index < -0.39 is 23.8 Å². The Morgan fingerprint density at radius 2 is 1.59 bits per heavy atom. The highest BCUT2D eigenvalue weighted by Gasteiger charge is 2.31. The van der Waals surface area contributed by atoms with Crippen molar-refractivity contribution in [1.29, 1.82) is 0 Å². The molecule has 0 unspecified atom stereocenters. The van der Waals surface area contributed by atoms with E-state index in [-0.39, 0.29) is 6.10 Å². The molecule has 116 valence electrons. The topological polar surface area (TPSA) is 46.5 Å². The van der Waals surface area contributed by atoms with Gasteiger partial charge in [0.25, 0.3) is 0 Å². The molecular formula is C18H19FO3. The minimum absolute atomic E-state index is 0.279. The monoisotopic (exact) mass is 302 g/mol. The lowest BCUT2D eigenvalue weighted by molar-refractivity contribution is -0.152. The normalized spacial score (nSPS) is 13.7. The first-order valence-corrected chi connectivity index (χ1v) is 7.18. The summed E-state index contributed by atoms with van der Waals surface area (Å²) in [6.07, 6.45) is -1.38. The molecule has 2 aromatic rings. The molecule has 1 N–H and O–H groups in total. The summed E-state index contributed by atoms with van der Waals surface area (Å²) < 4.78 is 18.3. The molecule has 0 fully saturated rings. The molecule has 0 aliphatic rings. The summed E-state index contributed by atoms with van der Waals surface area (Å²) >= 11 is 0. The van der Waals surface area contributed by atoms with Gasteiger partial charge in [-0.3, -0.25) is 4.79 Å². The maximum Gasteiger partial charge on any atom is 0.316 e. The predicted octanol–water partition coefficient (Wildman–Crippen LogP) is 3.59. The Bertz CT molecular complexity index is 608. The molecule has 0 radical (unpaired) electrons. The summed E-state index contributed by atoms with van der Waals surface area (Å²) in [5.74, 6) is -1.75. The molecule has 3 nitrogen and oxygen atoms in total. The summed E-state index contributed by atoms with van der Waals surface area (Å²) in [4.78, 5) is 12.4. The number of carbonyl (C=O) groups excluding carboxylic acids is 1. The maximum atomic E-state index is 13.0. The highest BCUT2D eigenvalue weighted by Crippen LogP contribution is 2.32. The number of halogens is 1. The van der Waals surface area contributed by atoms with Crippen molar-refractivity contribution in [1.82, 2.24) is 0 Å². The Morgan fingerprint density at radius 3 is 2.14 bits per heavy atom. The highest BCUT2D eigenvalue weighted by molar-refractivity contribution is 5.79. The van der Waals surface area contributed by atoms with Gasteiger partial charge in [0, 0.05) is 0 Å². The maximum absolute atomic E-state index is 13.0. The number of rotatable bonds is 5. The number of esters is 1. The average Bonchev–Trinajstić information content (AvgIpc) is 2.48. The van der Waals surface area contributed by atoms with Crippen molar-refractivity contribution < 1.29 is 19.0 Å². The van der Waals surface area contributed by atoms with Crippen LogP contribution in [0.15, 0.2) is 54.6 Å². The van der Waals surface area contributed by atoms with Gasteiger partial charge in [-0.2, -0.15) is 0 Å². The number of benzene rings is 2. The molecule has 0 amide bonds. The minimum atomic E-state index is -1.10. The van der Waals surface area contributed by atoms with Gasteiger partial charge in [0.15, 0.2) is 0 Å². The van der Waals surface area contributed by atoms with Crippen molar-refractivity contribution in [2.75, 3.05) is 0 Å². The van der Waals surface area contributed by atoms with Crippen LogP contribution in [0.2, 0.25) is 0 Å². The van der Waals surface area contributed by atoms with E-state index >= 15 is 0 Å². The molecule has 2 rings (SSSR count). The Hall–Kier alpha value is -2.20. The molecule has 0 bridgehead atoms. The van der Waals surface area contributed by atoms with Gasteiger partial charge in [0.05, 0.1) is 12.2 Å². The van der Waals surface area contributed by atoms with Gasteiger partial charge < -0.3 is 9.84 Å². The quantitative estimate of drug-likeness (QED) is 0.859. The van der Waals surface area contributed by atoms with E-state index in [1.807, 2.05) is 6.07 Å². The summed E-state index contributed by atoms with van der Waals surface area (Å²) in [5.41, 5.74) is 1.13. The minimum Gasteiger partial charge on any atom is -0.462 e. The molecule has 22 heavy (non-hydrogen) atoms. The van der Waals surface area contributed by atoms with E-state index in [0.717, 1.165) is 0 Å². The van der Waals surface area contributed by atoms with Crippen LogP contribution >= 0.6 is 0 Å². The third kappa shape index (κ3) is 3.92. The van der Waals surface area contributed by atoms with Gasteiger partial charge >= 0.3 is 5.97 Å². The number of hydrogen-bond donors (Lipinski definition) is 1. The van der Waals surface area contributed by atoms with E-state index in [9.17, 15) is 14.3 Å². The van der Waals surface area contributed by atoms with Crippen LogP contribution in [-0.2, 0) is 9.53 Å². The molecule has 0 spiro atoms. The standard InChI is InChI=1S/C18H19FO3/c1-12(2)22-18(21)16(13-6-4-3-5-7-13)17(20)14-8-10-15(19)11-9-14/h3-12,16-17,20H,1-2H3/t16-,17-/m0/s1. The van der Waals surface area contributed by atoms with E-state index in [4.69, 9.17) is 4.74 Å². The third-order valence-electron chi connectivity index (χ3n) is 3.29. The van der Waals surface area contributed by atoms with E-state index in [1.54, 1.807) is 38.1 Å².